The minimum absolute atomic E-state index is 0.195. The number of rotatable bonds is 3. The van der Waals surface area contributed by atoms with Gasteiger partial charge in [-0.2, -0.15) is 4.98 Å². The van der Waals surface area contributed by atoms with Gasteiger partial charge in [0.2, 0.25) is 5.95 Å². The number of hydrogen-bond donors (Lipinski definition) is 2. The molecule has 2 heterocycles. The lowest BCUT2D eigenvalue weighted by atomic mass is 10.0. The lowest BCUT2D eigenvalue weighted by molar-refractivity contribution is 0.628. The summed E-state index contributed by atoms with van der Waals surface area (Å²) in [5.74, 6) is -0.157. The highest BCUT2D eigenvalue weighted by atomic mass is 35.5. The van der Waals surface area contributed by atoms with Gasteiger partial charge in [0.25, 0.3) is 5.56 Å². The Hall–Kier alpha value is -2.96. The molecule has 8 heteroatoms. The Labute approximate surface area is 162 Å². The first-order chi connectivity index (χ1) is 13.0. The second-order valence-electron chi connectivity index (χ2n) is 5.73. The summed E-state index contributed by atoms with van der Waals surface area (Å²) in [6.45, 7) is 0. The number of hydrogen-bond acceptors (Lipinski definition) is 4. The van der Waals surface area contributed by atoms with E-state index in [4.69, 9.17) is 23.2 Å². The van der Waals surface area contributed by atoms with E-state index in [-0.39, 0.29) is 23.0 Å². The molecule has 27 heavy (non-hydrogen) atoms. The molecule has 0 spiro atoms. The molecule has 0 bridgehead atoms. The number of aromatic nitrogens is 3. The summed E-state index contributed by atoms with van der Waals surface area (Å²) in [7, 11) is 0. The predicted octanol–water partition coefficient (Wildman–Crippen LogP) is 5.17. The highest BCUT2D eigenvalue weighted by Gasteiger charge is 2.12. The monoisotopic (exact) mass is 400 g/mol. The van der Waals surface area contributed by atoms with Gasteiger partial charge in [0.15, 0.2) is 5.65 Å². The van der Waals surface area contributed by atoms with Crippen molar-refractivity contribution in [2.75, 3.05) is 5.32 Å². The number of pyridine rings is 1. The molecule has 0 aliphatic rings. The van der Waals surface area contributed by atoms with E-state index >= 15 is 0 Å². The quantitative estimate of drug-likeness (QED) is 0.497. The molecule has 0 amide bonds. The maximum absolute atomic E-state index is 13.2. The van der Waals surface area contributed by atoms with E-state index in [0.717, 1.165) is 0 Å². The van der Waals surface area contributed by atoms with Crippen LogP contribution in [0.15, 0.2) is 59.5 Å². The Morgan fingerprint density at radius 3 is 2.56 bits per heavy atom. The van der Waals surface area contributed by atoms with Gasteiger partial charge in [-0.25, -0.2) is 9.37 Å². The number of H-pyrrole nitrogens is 1. The Kier molecular flexibility index (Phi) is 4.51. The molecule has 2 aromatic carbocycles. The van der Waals surface area contributed by atoms with E-state index in [9.17, 15) is 9.18 Å². The normalized spacial score (nSPS) is 10.9. The fraction of sp³-hybridized carbons (Fsp3) is 0. The summed E-state index contributed by atoms with van der Waals surface area (Å²) in [5, 5.41) is 4.15. The molecule has 0 atom stereocenters. The Morgan fingerprint density at radius 1 is 1.04 bits per heavy atom. The van der Waals surface area contributed by atoms with Crippen molar-refractivity contribution in [3.63, 3.8) is 0 Å². The van der Waals surface area contributed by atoms with Gasteiger partial charge in [-0.05, 0) is 47.5 Å². The van der Waals surface area contributed by atoms with Gasteiger partial charge in [0, 0.05) is 11.2 Å². The number of halogens is 3. The molecule has 0 fully saturated rings. The van der Waals surface area contributed by atoms with Gasteiger partial charge < -0.3 is 5.32 Å². The van der Waals surface area contributed by atoms with E-state index in [0.29, 0.717) is 32.2 Å². The number of nitrogens with one attached hydrogen (secondary N) is 2. The third-order valence-electron chi connectivity index (χ3n) is 3.95. The lowest BCUT2D eigenvalue weighted by Gasteiger charge is -2.10. The molecule has 0 aliphatic carbocycles. The molecule has 5 nitrogen and oxygen atoms in total. The molecular formula is C19H11Cl2FN4O. The van der Waals surface area contributed by atoms with Crippen molar-refractivity contribution in [2.24, 2.45) is 0 Å². The number of nitrogens with zero attached hydrogens (tertiary/aromatic N) is 2. The number of benzene rings is 2. The highest BCUT2D eigenvalue weighted by Crippen LogP contribution is 2.28. The molecule has 0 radical (unpaired) electrons. The van der Waals surface area contributed by atoms with Gasteiger partial charge in [0.1, 0.15) is 5.82 Å². The van der Waals surface area contributed by atoms with Crippen LogP contribution < -0.4 is 10.9 Å². The van der Waals surface area contributed by atoms with Gasteiger partial charge in [-0.15, -0.1) is 0 Å². The van der Waals surface area contributed by atoms with Gasteiger partial charge in [-0.3, -0.25) is 9.78 Å². The maximum Gasteiger partial charge on any atom is 0.262 e. The standard InChI is InChI=1S/C19H11Cl2FN4O/c20-11-3-6-15(14(21)9-11)24-19-25-17-16(18(27)26-19)13(7-8-23-17)10-1-4-12(22)5-2-10/h1-9H,(H2,23,24,25,26,27). The molecule has 0 aliphatic heterocycles. The lowest BCUT2D eigenvalue weighted by Crippen LogP contribution is -2.13. The molecule has 2 N–H and O–H groups in total. The van der Waals surface area contributed by atoms with Crippen LogP contribution in [0.3, 0.4) is 0 Å². The Morgan fingerprint density at radius 2 is 1.81 bits per heavy atom. The zero-order valence-corrected chi connectivity index (χ0v) is 15.1. The van der Waals surface area contributed by atoms with Gasteiger partial charge >= 0.3 is 0 Å². The topological polar surface area (TPSA) is 70.7 Å². The van der Waals surface area contributed by atoms with Gasteiger partial charge in [0.05, 0.1) is 16.1 Å². The van der Waals surface area contributed by atoms with Crippen LogP contribution in [0.25, 0.3) is 22.2 Å². The molecule has 0 saturated heterocycles. The molecule has 2 aromatic heterocycles. The van der Waals surface area contributed by atoms with Crippen LogP contribution in [0.2, 0.25) is 10.0 Å². The third kappa shape index (κ3) is 3.49. The molecule has 4 rings (SSSR count). The van der Waals surface area contributed by atoms with E-state index in [1.54, 1.807) is 42.6 Å². The highest BCUT2D eigenvalue weighted by molar-refractivity contribution is 6.36. The first-order valence-corrected chi connectivity index (χ1v) is 8.64. The zero-order valence-electron chi connectivity index (χ0n) is 13.6. The van der Waals surface area contributed by atoms with E-state index < -0.39 is 0 Å². The summed E-state index contributed by atoms with van der Waals surface area (Å²) in [4.78, 5) is 23.9. The van der Waals surface area contributed by atoms with E-state index in [1.807, 2.05) is 0 Å². The van der Waals surface area contributed by atoms with Crippen molar-refractivity contribution in [1.29, 1.82) is 0 Å². The minimum atomic E-state index is -0.375. The SMILES string of the molecule is O=c1[nH]c(Nc2ccc(Cl)cc2Cl)nc2nccc(-c3ccc(F)cc3)c12. The van der Waals surface area contributed by atoms with Gasteiger partial charge in [-0.1, -0.05) is 35.3 Å². The van der Waals surface area contributed by atoms with E-state index in [1.165, 1.54) is 12.1 Å². The van der Waals surface area contributed by atoms with Crippen LogP contribution in [0, 0.1) is 5.82 Å². The Bertz CT molecular complexity index is 1210. The largest absolute Gasteiger partial charge is 0.324 e. The fourth-order valence-electron chi connectivity index (χ4n) is 2.71. The second kappa shape index (κ2) is 6.98. The van der Waals surface area contributed by atoms with Crippen molar-refractivity contribution in [2.45, 2.75) is 0 Å². The fourth-order valence-corrected chi connectivity index (χ4v) is 3.17. The van der Waals surface area contributed by atoms with Crippen molar-refractivity contribution in [3.05, 3.63) is 80.9 Å². The molecule has 134 valence electrons. The number of anilines is 2. The first kappa shape index (κ1) is 17.5. The minimum Gasteiger partial charge on any atom is -0.324 e. The summed E-state index contributed by atoms with van der Waals surface area (Å²) >= 11 is 12.0. The maximum atomic E-state index is 13.2. The summed E-state index contributed by atoms with van der Waals surface area (Å²) in [6.07, 6.45) is 1.55. The van der Waals surface area contributed by atoms with Crippen molar-refractivity contribution >= 4 is 45.9 Å². The van der Waals surface area contributed by atoms with Crippen LogP contribution in [0.5, 0.6) is 0 Å². The van der Waals surface area contributed by atoms with Crippen LogP contribution in [0.1, 0.15) is 0 Å². The molecule has 4 aromatic rings. The van der Waals surface area contributed by atoms with Crippen molar-refractivity contribution in [3.8, 4) is 11.1 Å². The molecule has 0 unspecified atom stereocenters. The summed E-state index contributed by atoms with van der Waals surface area (Å²) in [5.41, 5.74) is 1.73. The van der Waals surface area contributed by atoms with Crippen molar-refractivity contribution < 1.29 is 4.39 Å². The number of aromatic amines is 1. The second-order valence-corrected chi connectivity index (χ2v) is 6.57. The van der Waals surface area contributed by atoms with Crippen LogP contribution in [0.4, 0.5) is 16.0 Å². The smallest absolute Gasteiger partial charge is 0.262 e. The first-order valence-electron chi connectivity index (χ1n) is 7.88. The van der Waals surface area contributed by atoms with Crippen molar-refractivity contribution in [1.82, 2.24) is 15.0 Å². The van der Waals surface area contributed by atoms with E-state index in [2.05, 4.69) is 20.3 Å². The summed E-state index contributed by atoms with van der Waals surface area (Å²) < 4.78 is 13.2. The predicted molar refractivity (Wildman–Crippen MR) is 105 cm³/mol. The molecular weight excluding hydrogens is 390 g/mol. The van der Waals surface area contributed by atoms with Crippen LogP contribution >= 0.6 is 23.2 Å². The summed E-state index contributed by atoms with van der Waals surface area (Å²) in [6, 6.07) is 12.5. The third-order valence-corrected chi connectivity index (χ3v) is 4.49. The van der Waals surface area contributed by atoms with Crippen LogP contribution in [-0.4, -0.2) is 15.0 Å². The Balaban J connectivity index is 1.81. The average molecular weight is 401 g/mol. The number of fused-ring (bicyclic) bond motifs is 1. The van der Waals surface area contributed by atoms with Crippen LogP contribution in [-0.2, 0) is 0 Å². The zero-order chi connectivity index (χ0) is 19.0. The average Bonchev–Trinajstić information content (AvgIpc) is 2.64. The molecule has 0 saturated carbocycles.